The van der Waals surface area contributed by atoms with Gasteiger partial charge in [-0.05, 0) is 45.8 Å². The third-order valence-electron chi connectivity index (χ3n) is 3.93. The summed E-state index contributed by atoms with van der Waals surface area (Å²) in [6, 6.07) is 1.21. The highest BCUT2D eigenvalue weighted by atomic mass is 15.2. The highest BCUT2D eigenvalue weighted by Gasteiger charge is 2.24. The van der Waals surface area contributed by atoms with Gasteiger partial charge in [0.25, 0.3) is 0 Å². The predicted molar refractivity (Wildman–Crippen MR) is 63.9 cm³/mol. The van der Waals surface area contributed by atoms with Gasteiger partial charge in [-0.1, -0.05) is 6.42 Å². The average molecular weight is 211 g/mol. The van der Waals surface area contributed by atoms with Crippen molar-refractivity contribution in [1.29, 1.82) is 0 Å². The minimum atomic E-state index is 0.424. The monoisotopic (exact) mass is 211 g/mol. The Kier molecular flexibility index (Phi) is 4.00. The van der Waals surface area contributed by atoms with Gasteiger partial charge in [0.1, 0.15) is 0 Å². The quantitative estimate of drug-likeness (QED) is 0.736. The maximum atomic E-state index is 6.01. The Hall–Kier alpha value is -0.120. The van der Waals surface area contributed by atoms with E-state index in [1.807, 2.05) is 0 Å². The molecule has 0 amide bonds. The molecule has 2 heterocycles. The van der Waals surface area contributed by atoms with Crippen LogP contribution >= 0.6 is 0 Å². The van der Waals surface area contributed by atoms with Crippen molar-refractivity contribution in [3.05, 3.63) is 0 Å². The molecule has 88 valence electrons. The second-order valence-corrected chi connectivity index (χ2v) is 5.29. The maximum absolute atomic E-state index is 6.01. The minimum absolute atomic E-state index is 0.424. The molecule has 2 N–H and O–H groups in total. The van der Waals surface area contributed by atoms with Gasteiger partial charge >= 0.3 is 0 Å². The van der Waals surface area contributed by atoms with E-state index in [4.69, 9.17) is 5.73 Å². The summed E-state index contributed by atoms with van der Waals surface area (Å²) >= 11 is 0. The Morgan fingerprint density at radius 1 is 1.13 bits per heavy atom. The number of likely N-dealkylation sites (N-methyl/N-ethyl adjacent to an activating group) is 1. The lowest BCUT2D eigenvalue weighted by molar-refractivity contribution is 0.111. The summed E-state index contributed by atoms with van der Waals surface area (Å²) in [5.74, 6) is 0. The van der Waals surface area contributed by atoms with Gasteiger partial charge in [-0.2, -0.15) is 0 Å². The highest BCUT2D eigenvalue weighted by molar-refractivity contribution is 4.82. The van der Waals surface area contributed by atoms with E-state index < -0.39 is 0 Å². The fraction of sp³-hybridized carbons (Fsp3) is 1.00. The van der Waals surface area contributed by atoms with E-state index >= 15 is 0 Å². The zero-order chi connectivity index (χ0) is 10.7. The Balaban J connectivity index is 1.79. The average Bonchev–Trinajstić information content (AvgIpc) is 2.22. The molecule has 2 unspecified atom stereocenters. The minimum Gasteiger partial charge on any atom is -0.327 e. The smallest absolute Gasteiger partial charge is 0.0220 e. The van der Waals surface area contributed by atoms with Crippen LogP contribution in [-0.2, 0) is 0 Å². The van der Waals surface area contributed by atoms with Crippen LogP contribution in [0.2, 0.25) is 0 Å². The van der Waals surface area contributed by atoms with Gasteiger partial charge in [0.2, 0.25) is 0 Å². The largest absolute Gasteiger partial charge is 0.327 e. The van der Waals surface area contributed by atoms with Crippen molar-refractivity contribution in [1.82, 2.24) is 9.80 Å². The van der Waals surface area contributed by atoms with Crippen molar-refractivity contribution in [3.63, 3.8) is 0 Å². The predicted octanol–water partition coefficient (Wildman–Crippen LogP) is 0.894. The lowest BCUT2D eigenvalue weighted by Gasteiger charge is -2.38. The van der Waals surface area contributed by atoms with Crippen LogP contribution in [0, 0.1) is 0 Å². The van der Waals surface area contributed by atoms with Crippen LogP contribution in [0.4, 0.5) is 0 Å². The normalized spacial score (nSPS) is 35.6. The molecule has 2 rings (SSSR count). The molecular weight excluding hydrogens is 186 g/mol. The van der Waals surface area contributed by atoms with E-state index in [9.17, 15) is 0 Å². The van der Waals surface area contributed by atoms with Gasteiger partial charge in [0.15, 0.2) is 0 Å². The molecule has 3 nitrogen and oxygen atoms in total. The van der Waals surface area contributed by atoms with E-state index in [1.165, 1.54) is 51.7 Å². The van der Waals surface area contributed by atoms with Gasteiger partial charge in [-0.15, -0.1) is 0 Å². The first-order chi connectivity index (χ1) is 7.25. The number of hydrogen-bond acceptors (Lipinski definition) is 3. The van der Waals surface area contributed by atoms with Crippen molar-refractivity contribution in [2.75, 3.05) is 33.2 Å². The fourth-order valence-corrected chi connectivity index (χ4v) is 2.93. The maximum Gasteiger partial charge on any atom is 0.0220 e. The molecule has 3 heteroatoms. The van der Waals surface area contributed by atoms with Gasteiger partial charge in [-0.3, -0.25) is 0 Å². The third-order valence-corrected chi connectivity index (χ3v) is 3.93. The molecule has 0 aromatic rings. The highest BCUT2D eigenvalue weighted by Crippen LogP contribution is 2.17. The molecule has 0 spiro atoms. The van der Waals surface area contributed by atoms with E-state index in [0.717, 1.165) is 12.6 Å². The van der Waals surface area contributed by atoms with Gasteiger partial charge in [-0.25, -0.2) is 0 Å². The second kappa shape index (κ2) is 5.28. The molecule has 2 atom stereocenters. The zero-order valence-electron chi connectivity index (χ0n) is 9.99. The molecule has 2 saturated heterocycles. The Morgan fingerprint density at radius 2 is 2.00 bits per heavy atom. The molecule has 0 aromatic heterocycles. The number of hydrogen-bond donors (Lipinski definition) is 1. The topological polar surface area (TPSA) is 32.5 Å². The lowest BCUT2D eigenvalue weighted by Crippen LogP contribution is -2.50. The van der Waals surface area contributed by atoms with Crippen molar-refractivity contribution in [2.45, 2.75) is 44.2 Å². The summed E-state index contributed by atoms with van der Waals surface area (Å²) in [5.41, 5.74) is 6.01. The first kappa shape index (κ1) is 11.4. The van der Waals surface area contributed by atoms with Crippen molar-refractivity contribution in [2.24, 2.45) is 5.73 Å². The molecule has 0 saturated carbocycles. The summed E-state index contributed by atoms with van der Waals surface area (Å²) in [6.07, 6.45) is 6.68. The molecule has 0 aliphatic carbocycles. The van der Waals surface area contributed by atoms with Crippen LogP contribution in [-0.4, -0.2) is 55.1 Å². The lowest BCUT2D eigenvalue weighted by atomic mass is 10.0. The first-order valence-corrected chi connectivity index (χ1v) is 6.44. The molecule has 2 fully saturated rings. The molecule has 0 radical (unpaired) electrons. The Labute approximate surface area is 93.6 Å². The fourth-order valence-electron chi connectivity index (χ4n) is 2.93. The Morgan fingerprint density at radius 3 is 2.73 bits per heavy atom. The number of likely N-dealkylation sites (tertiary alicyclic amines) is 2. The van der Waals surface area contributed by atoms with Gasteiger partial charge in [0.05, 0.1) is 0 Å². The number of nitrogens with two attached hydrogens (primary N) is 1. The van der Waals surface area contributed by atoms with E-state index in [1.54, 1.807) is 0 Å². The summed E-state index contributed by atoms with van der Waals surface area (Å²) in [5, 5.41) is 0. The molecular formula is C12H25N3. The zero-order valence-corrected chi connectivity index (χ0v) is 9.99. The molecule has 0 bridgehead atoms. The van der Waals surface area contributed by atoms with E-state index in [2.05, 4.69) is 16.8 Å². The summed E-state index contributed by atoms with van der Waals surface area (Å²) in [6.45, 7) is 4.90. The SMILES string of the molecule is CN1CCCCC1CN1CCCC(N)C1. The molecule has 0 aromatic carbocycles. The van der Waals surface area contributed by atoms with Crippen LogP contribution < -0.4 is 5.73 Å². The van der Waals surface area contributed by atoms with Crippen molar-refractivity contribution < 1.29 is 0 Å². The molecule has 2 aliphatic heterocycles. The molecule has 2 aliphatic rings. The summed E-state index contributed by atoms with van der Waals surface area (Å²) in [7, 11) is 2.27. The van der Waals surface area contributed by atoms with Crippen LogP contribution in [0.5, 0.6) is 0 Å². The Bertz CT molecular complexity index is 195. The second-order valence-electron chi connectivity index (χ2n) is 5.29. The van der Waals surface area contributed by atoms with Gasteiger partial charge in [0, 0.05) is 25.2 Å². The van der Waals surface area contributed by atoms with Crippen LogP contribution in [0.3, 0.4) is 0 Å². The van der Waals surface area contributed by atoms with E-state index in [0.29, 0.717) is 6.04 Å². The number of rotatable bonds is 2. The third kappa shape index (κ3) is 3.16. The van der Waals surface area contributed by atoms with Gasteiger partial charge < -0.3 is 15.5 Å². The number of piperidine rings is 2. The van der Waals surface area contributed by atoms with Crippen LogP contribution in [0.25, 0.3) is 0 Å². The molecule has 15 heavy (non-hydrogen) atoms. The van der Waals surface area contributed by atoms with Crippen LogP contribution in [0.15, 0.2) is 0 Å². The van der Waals surface area contributed by atoms with Crippen LogP contribution in [0.1, 0.15) is 32.1 Å². The standard InChI is InChI=1S/C12H25N3/c1-14-7-3-2-6-12(14)10-15-8-4-5-11(13)9-15/h11-12H,2-10,13H2,1H3. The van der Waals surface area contributed by atoms with Crippen molar-refractivity contribution in [3.8, 4) is 0 Å². The summed E-state index contributed by atoms with van der Waals surface area (Å²) < 4.78 is 0. The first-order valence-electron chi connectivity index (χ1n) is 6.44. The number of nitrogens with zero attached hydrogens (tertiary/aromatic N) is 2. The van der Waals surface area contributed by atoms with Crippen molar-refractivity contribution >= 4 is 0 Å². The van der Waals surface area contributed by atoms with E-state index in [-0.39, 0.29) is 0 Å². The summed E-state index contributed by atoms with van der Waals surface area (Å²) in [4.78, 5) is 5.10.